The lowest BCUT2D eigenvalue weighted by Crippen LogP contribution is -2.29. The van der Waals surface area contributed by atoms with E-state index in [-0.39, 0.29) is 33.2 Å². The van der Waals surface area contributed by atoms with Gasteiger partial charge in [0.15, 0.2) is 17.2 Å². The molecule has 0 spiro atoms. The average molecular weight is 572 g/mol. The van der Waals surface area contributed by atoms with Gasteiger partial charge in [-0.2, -0.15) is 5.10 Å². The fourth-order valence-corrected chi connectivity index (χ4v) is 5.31. The van der Waals surface area contributed by atoms with E-state index in [0.29, 0.717) is 22.3 Å². The molecule has 1 atom stereocenters. The van der Waals surface area contributed by atoms with Crippen molar-refractivity contribution < 1.29 is 18.7 Å². The highest BCUT2D eigenvalue weighted by atomic mass is 35.5. The van der Waals surface area contributed by atoms with Crippen LogP contribution in [0.3, 0.4) is 0 Å². The van der Waals surface area contributed by atoms with E-state index in [1.54, 1.807) is 33.2 Å². The third-order valence-electron chi connectivity index (χ3n) is 6.55. The summed E-state index contributed by atoms with van der Waals surface area (Å²) < 4.78 is 28.6. The maximum Gasteiger partial charge on any atom is 0.205 e. The van der Waals surface area contributed by atoms with Crippen LogP contribution in [0.15, 0.2) is 35.1 Å². The van der Waals surface area contributed by atoms with Crippen molar-refractivity contribution in [3.05, 3.63) is 57.9 Å². The number of nitrogen functional groups attached to an aromatic ring is 1. The van der Waals surface area contributed by atoms with Gasteiger partial charge in [0.2, 0.25) is 5.75 Å². The summed E-state index contributed by atoms with van der Waals surface area (Å²) in [6.07, 6.45) is 6.45. The molecule has 0 bridgehead atoms. The SMILES string of the molecule is C[C@@H](Oc1c(N)ncc2c(-c3cnn(C4CCNCC4)c3)c(C#CC(C)(C)O)oc12)c1c(Cl)ccc(F)c1Cl. The first-order valence-corrected chi connectivity index (χ1v) is 13.3. The minimum atomic E-state index is -1.26. The Balaban J connectivity index is 1.63. The number of nitrogens with zero attached hydrogens (tertiary/aromatic N) is 3. The van der Waals surface area contributed by atoms with E-state index in [1.165, 1.54) is 12.1 Å². The molecular formula is C28H28Cl2FN5O3. The molecule has 5 rings (SSSR count). The highest BCUT2D eigenvalue weighted by molar-refractivity contribution is 6.36. The molecule has 1 aliphatic rings. The van der Waals surface area contributed by atoms with Crippen LogP contribution < -0.4 is 15.8 Å². The fraction of sp³-hybridized carbons (Fsp3) is 0.357. The zero-order chi connectivity index (χ0) is 27.9. The maximum absolute atomic E-state index is 14.2. The number of aliphatic hydroxyl groups is 1. The van der Waals surface area contributed by atoms with Crippen LogP contribution in [0.2, 0.25) is 10.0 Å². The number of hydrogen-bond acceptors (Lipinski definition) is 7. The molecule has 4 N–H and O–H groups in total. The summed E-state index contributed by atoms with van der Waals surface area (Å²) in [6, 6.07) is 2.88. The molecule has 0 amide bonds. The summed E-state index contributed by atoms with van der Waals surface area (Å²) in [5.74, 6) is 5.64. The molecule has 1 aromatic carbocycles. The van der Waals surface area contributed by atoms with Crippen molar-refractivity contribution in [3.63, 3.8) is 0 Å². The van der Waals surface area contributed by atoms with Gasteiger partial charge in [-0.05, 0) is 64.8 Å². The number of piperidine rings is 1. The molecule has 0 radical (unpaired) electrons. The van der Waals surface area contributed by atoms with Gasteiger partial charge in [-0.3, -0.25) is 4.68 Å². The van der Waals surface area contributed by atoms with Gasteiger partial charge in [-0.1, -0.05) is 29.1 Å². The lowest BCUT2D eigenvalue weighted by atomic mass is 10.0. The predicted molar refractivity (Wildman–Crippen MR) is 149 cm³/mol. The summed E-state index contributed by atoms with van der Waals surface area (Å²) >= 11 is 12.5. The molecule has 1 saturated heterocycles. The largest absolute Gasteiger partial charge is 0.478 e. The smallest absolute Gasteiger partial charge is 0.205 e. The molecule has 1 fully saturated rings. The highest BCUT2D eigenvalue weighted by Crippen LogP contribution is 2.43. The fourth-order valence-electron chi connectivity index (χ4n) is 4.63. The average Bonchev–Trinajstić information content (AvgIpc) is 3.52. The van der Waals surface area contributed by atoms with Gasteiger partial charge in [0.05, 0.1) is 22.6 Å². The van der Waals surface area contributed by atoms with Crippen molar-refractivity contribution in [1.29, 1.82) is 0 Å². The van der Waals surface area contributed by atoms with E-state index in [1.807, 2.05) is 10.9 Å². The van der Waals surface area contributed by atoms with Crippen LogP contribution >= 0.6 is 23.2 Å². The number of halogens is 3. The van der Waals surface area contributed by atoms with E-state index in [2.05, 4.69) is 27.2 Å². The molecule has 39 heavy (non-hydrogen) atoms. The van der Waals surface area contributed by atoms with Crippen LogP contribution in [0.5, 0.6) is 5.75 Å². The van der Waals surface area contributed by atoms with Crippen molar-refractivity contribution in [1.82, 2.24) is 20.1 Å². The Kier molecular flexibility index (Phi) is 7.49. The van der Waals surface area contributed by atoms with Crippen molar-refractivity contribution in [3.8, 4) is 28.7 Å². The third-order valence-corrected chi connectivity index (χ3v) is 7.27. The zero-order valence-electron chi connectivity index (χ0n) is 21.7. The molecule has 3 aromatic heterocycles. The Morgan fingerprint density at radius 3 is 2.74 bits per heavy atom. The van der Waals surface area contributed by atoms with Crippen LogP contribution in [0, 0.1) is 17.7 Å². The quantitative estimate of drug-likeness (QED) is 0.202. The monoisotopic (exact) mass is 571 g/mol. The van der Waals surface area contributed by atoms with E-state index >= 15 is 0 Å². The molecule has 1 aliphatic heterocycles. The van der Waals surface area contributed by atoms with Gasteiger partial charge in [0.1, 0.15) is 17.5 Å². The first-order valence-electron chi connectivity index (χ1n) is 12.6. The summed E-state index contributed by atoms with van der Waals surface area (Å²) in [7, 11) is 0. The summed E-state index contributed by atoms with van der Waals surface area (Å²) in [6.45, 7) is 6.70. The van der Waals surface area contributed by atoms with Crippen molar-refractivity contribution in [2.45, 2.75) is 51.4 Å². The number of furan rings is 1. The van der Waals surface area contributed by atoms with Crippen LogP contribution in [-0.2, 0) is 0 Å². The lowest BCUT2D eigenvalue weighted by Gasteiger charge is -2.22. The number of pyridine rings is 1. The number of hydrogen-bond donors (Lipinski definition) is 3. The minimum Gasteiger partial charge on any atom is -0.478 e. The van der Waals surface area contributed by atoms with Crippen molar-refractivity contribution >= 4 is 40.0 Å². The maximum atomic E-state index is 14.2. The number of anilines is 1. The standard InChI is InChI=1S/C28H28Cl2FN5O3/c1-15(22-19(29)4-5-20(31)24(22)30)38-26-25-18(13-34-27(26)32)23(21(39-25)6-9-28(2,3)37)16-12-35-36(14-16)17-7-10-33-11-8-17/h4-5,12-15,17,33,37H,7-8,10-11H2,1-3H3,(H2,32,34)/t15-/m1/s1. The lowest BCUT2D eigenvalue weighted by molar-refractivity contribution is 0.143. The Bertz CT molecular complexity index is 1590. The Labute approximate surface area is 235 Å². The van der Waals surface area contributed by atoms with Crippen molar-refractivity contribution in [2.75, 3.05) is 18.8 Å². The molecule has 4 aromatic rings. The molecule has 204 valence electrons. The molecule has 0 aliphatic carbocycles. The molecule has 4 heterocycles. The number of benzene rings is 1. The van der Waals surface area contributed by atoms with Crippen LogP contribution in [0.4, 0.5) is 10.2 Å². The molecule has 8 nitrogen and oxygen atoms in total. The predicted octanol–water partition coefficient (Wildman–Crippen LogP) is 5.91. The highest BCUT2D eigenvalue weighted by Gasteiger charge is 2.26. The topological polar surface area (TPSA) is 111 Å². The number of nitrogens with two attached hydrogens (primary N) is 1. The number of fused-ring (bicyclic) bond motifs is 1. The normalized spacial score (nSPS) is 15.3. The van der Waals surface area contributed by atoms with E-state index in [0.717, 1.165) is 31.5 Å². The number of aromatic nitrogens is 3. The minimum absolute atomic E-state index is 0.0608. The Morgan fingerprint density at radius 2 is 2.03 bits per heavy atom. The van der Waals surface area contributed by atoms with E-state index < -0.39 is 17.5 Å². The van der Waals surface area contributed by atoms with E-state index in [9.17, 15) is 9.50 Å². The molecule has 0 saturated carbocycles. The molecule has 11 heteroatoms. The Morgan fingerprint density at radius 1 is 1.28 bits per heavy atom. The van der Waals surface area contributed by atoms with Crippen LogP contribution in [-0.4, -0.2) is 38.6 Å². The first-order chi connectivity index (χ1) is 18.5. The molecular weight excluding hydrogens is 544 g/mol. The summed E-state index contributed by atoms with van der Waals surface area (Å²) in [5.41, 5.74) is 6.95. The van der Waals surface area contributed by atoms with Crippen molar-refractivity contribution in [2.24, 2.45) is 0 Å². The van der Waals surface area contributed by atoms with Gasteiger partial charge in [-0.25, -0.2) is 9.37 Å². The van der Waals surface area contributed by atoms with Gasteiger partial charge in [-0.15, -0.1) is 0 Å². The van der Waals surface area contributed by atoms with Gasteiger partial charge in [0, 0.05) is 34.1 Å². The second kappa shape index (κ2) is 10.7. The number of nitrogens with one attached hydrogen (secondary N) is 1. The van der Waals surface area contributed by atoms with Gasteiger partial charge >= 0.3 is 0 Å². The van der Waals surface area contributed by atoms with E-state index in [4.69, 9.17) is 38.1 Å². The number of ether oxygens (including phenoxy) is 1. The van der Waals surface area contributed by atoms with Gasteiger partial charge in [0.25, 0.3) is 0 Å². The second-order valence-electron chi connectivity index (χ2n) is 10.0. The summed E-state index contributed by atoms with van der Waals surface area (Å²) in [5, 5.41) is 18.9. The zero-order valence-corrected chi connectivity index (χ0v) is 23.2. The van der Waals surface area contributed by atoms with Crippen LogP contribution in [0.25, 0.3) is 22.1 Å². The molecule has 0 unspecified atom stereocenters. The van der Waals surface area contributed by atoms with Gasteiger partial charge < -0.3 is 25.3 Å². The third kappa shape index (κ3) is 5.56. The first kappa shape index (κ1) is 27.3. The summed E-state index contributed by atoms with van der Waals surface area (Å²) in [4.78, 5) is 4.34. The second-order valence-corrected chi connectivity index (χ2v) is 10.8. The van der Waals surface area contributed by atoms with Crippen LogP contribution in [0.1, 0.15) is 57.1 Å². The Hall–Kier alpha value is -3.29. The number of rotatable bonds is 5.